The van der Waals surface area contributed by atoms with E-state index >= 15 is 0 Å². The number of nitro benzene ring substituents is 1. The van der Waals surface area contributed by atoms with E-state index in [9.17, 15) is 23.3 Å². The van der Waals surface area contributed by atoms with Crippen molar-refractivity contribution < 1.29 is 27.1 Å². The zero-order valence-electron chi connectivity index (χ0n) is 16.4. The van der Waals surface area contributed by atoms with Gasteiger partial charge in [0.05, 0.1) is 17.3 Å². The van der Waals surface area contributed by atoms with Gasteiger partial charge in [-0.3, -0.25) is 14.9 Å². The van der Waals surface area contributed by atoms with E-state index in [1.807, 2.05) is 0 Å². The van der Waals surface area contributed by atoms with E-state index in [1.54, 1.807) is 17.0 Å². The van der Waals surface area contributed by atoms with Crippen LogP contribution in [0.1, 0.15) is 28.8 Å². The Bertz CT molecular complexity index is 998. The van der Waals surface area contributed by atoms with E-state index in [1.165, 1.54) is 36.4 Å². The molecule has 1 atom stereocenters. The lowest BCUT2D eigenvalue weighted by atomic mass is 10.1. The fraction of sp³-hybridized carbons (Fsp3) is 0.350. The molecule has 1 unspecified atom stereocenters. The Morgan fingerprint density at radius 3 is 2.40 bits per heavy atom. The van der Waals surface area contributed by atoms with Crippen molar-refractivity contribution in [2.75, 3.05) is 19.4 Å². The lowest BCUT2D eigenvalue weighted by molar-refractivity contribution is -0.384. The van der Waals surface area contributed by atoms with Crippen LogP contribution in [0.3, 0.4) is 0 Å². The molecule has 0 spiro atoms. The molecule has 1 aliphatic heterocycles. The number of hydrogen-bond acceptors (Lipinski definition) is 7. The molecule has 160 valence electrons. The smallest absolute Gasteiger partial charge is 0.306 e. The van der Waals surface area contributed by atoms with Gasteiger partial charge in [0.2, 0.25) is 0 Å². The summed E-state index contributed by atoms with van der Waals surface area (Å²) in [5, 5.41) is 10.8. The predicted octanol–water partition coefficient (Wildman–Crippen LogP) is 2.75. The van der Waals surface area contributed by atoms with Crippen molar-refractivity contribution in [1.29, 1.82) is 0 Å². The number of hydrogen-bond donors (Lipinski definition) is 0. The summed E-state index contributed by atoms with van der Waals surface area (Å²) in [5.41, 5.74) is 1.04. The van der Waals surface area contributed by atoms with Gasteiger partial charge in [0.15, 0.2) is 0 Å². The van der Waals surface area contributed by atoms with Crippen LogP contribution in [0.5, 0.6) is 5.75 Å². The first-order chi connectivity index (χ1) is 14.2. The van der Waals surface area contributed by atoms with Crippen molar-refractivity contribution in [1.82, 2.24) is 4.90 Å². The van der Waals surface area contributed by atoms with Crippen LogP contribution in [0, 0.1) is 10.1 Å². The quantitative estimate of drug-likeness (QED) is 0.356. The Morgan fingerprint density at radius 2 is 1.87 bits per heavy atom. The van der Waals surface area contributed by atoms with Crippen molar-refractivity contribution in [2.24, 2.45) is 0 Å². The Labute approximate surface area is 174 Å². The van der Waals surface area contributed by atoms with Gasteiger partial charge in [0, 0.05) is 37.4 Å². The Kier molecular flexibility index (Phi) is 6.68. The molecular weight excluding hydrogens is 412 g/mol. The van der Waals surface area contributed by atoms with Gasteiger partial charge < -0.3 is 13.8 Å². The van der Waals surface area contributed by atoms with Crippen molar-refractivity contribution in [3.8, 4) is 5.75 Å². The molecule has 9 nitrogen and oxygen atoms in total. The molecule has 1 heterocycles. The zero-order chi connectivity index (χ0) is 21.7. The lowest BCUT2D eigenvalue weighted by Crippen LogP contribution is -2.37. The second-order valence-corrected chi connectivity index (χ2v) is 8.63. The molecule has 10 heteroatoms. The topological polar surface area (TPSA) is 116 Å². The number of non-ortho nitro benzene ring substituents is 1. The minimum absolute atomic E-state index is 0.0696. The lowest BCUT2D eigenvalue weighted by Gasteiger charge is -2.26. The van der Waals surface area contributed by atoms with Crippen LogP contribution in [-0.4, -0.2) is 49.7 Å². The minimum atomic E-state index is -3.62. The van der Waals surface area contributed by atoms with E-state index in [2.05, 4.69) is 0 Å². The van der Waals surface area contributed by atoms with Gasteiger partial charge in [-0.1, -0.05) is 12.1 Å². The molecule has 0 bridgehead atoms. The van der Waals surface area contributed by atoms with Crippen molar-refractivity contribution in [3.63, 3.8) is 0 Å². The average molecular weight is 434 g/mol. The molecule has 3 rings (SSSR count). The number of nitro groups is 1. The van der Waals surface area contributed by atoms with E-state index in [0.29, 0.717) is 18.7 Å². The van der Waals surface area contributed by atoms with Crippen LogP contribution in [-0.2, 0) is 21.4 Å². The Morgan fingerprint density at radius 1 is 1.20 bits per heavy atom. The molecule has 0 aliphatic carbocycles. The third-order valence-electron chi connectivity index (χ3n) is 4.60. The van der Waals surface area contributed by atoms with Crippen LogP contribution in [0.15, 0.2) is 48.5 Å². The Balaban J connectivity index is 1.77. The highest BCUT2D eigenvalue weighted by atomic mass is 32.2. The average Bonchev–Trinajstić information content (AvgIpc) is 3.20. The summed E-state index contributed by atoms with van der Waals surface area (Å²) >= 11 is 0. The number of rotatable bonds is 8. The molecule has 0 radical (unpaired) electrons. The summed E-state index contributed by atoms with van der Waals surface area (Å²) in [5.74, 6) is -0.0783. The predicted molar refractivity (Wildman–Crippen MR) is 109 cm³/mol. The first kappa shape index (κ1) is 21.7. The maximum atomic E-state index is 13.1. The molecule has 1 fully saturated rings. The second kappa shape index (κ2) is 9.23. The van der Waals surface area contributed by atoms with Gasteiger partial charge in [0.25, 0.3) is 11.6 Å². The normalized spacial score (nSPS) is 16.2. The molecule has 0 aromatic heterocycles. The van der Waals surface area contributed by atoms with Crippen LogP contribution in [0.25, 0.3) is 0 Å². The summed E-state index contributed by atoms with van der Waals surface area (Å²) in [6.45, 7) is 1.31. The molecule has 30 heavy (non-hydrogen) atoms. The van der Waals surface area contributed by atoms with Crippen LogP contribution in [0.2, 0.25) is 0 Å². The Hall–Kier alpha value is -2.98. The molecule has 2 aromatic rings. The first-order valence-electron chi connectivity index (χ1n) is 9.35. The van der Waals surface area contributed by atoms with Gasteiger partial charge in [0.1, 0.15) is 5.75 Å². The monoisotopic (exact) mass is 434 g/mol. The SMILES string of the molecule is CS(=O)(=O)Oc1ccc(CN(CC2CCCO2)C(=O)c2ccc([N+](=O)[O-])cc2)cc1. The number of carbonyl (C=O) groups is 1. The minimum Gasteiger partial charge on any atom is -0.383 e. The summed E-state index contributed by atoms with van der Waals surface area (Å²) in [7, 11) is -3.62. The third kappa shape index (κ3) is 6.01. The summed E-state index contributed by atoms with van der Waals surface area (Å²) in [6.07, 6.45) is 2.68. The fourth-order valence-electron chi connectivity index (χ4n) is 3.21. The van der Waals surface area contributed by atoms with Crippen molar-refractivity contribution in [2.45, 2.75) is 25.5 Å². The standard InChI is InChI=1S/C20H22N2O7S/c1-30(26,27)29-18-10-4-15(5-11-18)13-21(14-19-3-2-12-28-19)20(23)16-6-8-17(9-7-16)22(24)25/h4-11,19H,2-3,12-14H2,1H3. The largest absolute Gasteiger partial charge is 0.383 e. The number of benzene rings is 2. The molecule has 1 aliphatic rings. The molecule has 2 aromatic carbocycles. The summed E-state index contributed by atoms with van der Waals surface area (Å²) in [6, 6.07) is 11.9. The third-order valence-corrected chi connectivity index (χ3v) is 5.10. The zero-order valence-corrected chi connectivity index (χ0v) is 17.2. The molecule has 0 N–H and O–H groups in total. The van der Waals surface area contributed by atoms with Crippen LogP contribution in [0.4, 0.5) is 5.69 Å². The summed E-state index contributed by atoms with van der Waals surface area (Å²) < 4.78 is 33.0. The highest BCUT2D eigenvalue weighted by molar-refractivity contribution is 7.86. The van der Waals surface area contributed by atoms with E-state index in [0.717, 1.165) is 24.7 Å². The number of carbonyl (C=O) groups excluding carboxylic acids is 1. The molecule has 1 saturated heterocycles. The maximum absolute atomic E-state index is 13.1. The van der Waals surface area contributed by atoms with Crippen LogP contribution >= 0.6 is 0 Å². The van der Waals surface area contributed by atoms with Gasteiger partial charge >= 0.3 is 10.1 Å². The number of amides is 1. The van der Waals surface area contributed by atoms with E-state index in [4.69, 9.17) is 8.92 Å². The van der Waals surface area contributed by atoms with Gasteiger partial charge in [-0.25, -0.2) is 0 Å². The fourth-order valence-corrected chi connectivity index (χ4v) is 3.67. The van der Waals surface area contributed by atoms with Gasteiger partial charge in [-0.05, 0) is 42.7 Å². The number of nitrogens with zero attached hydrogens (tertiary/aromatic N) is 2. The molecule has 0 saturated carbocycles. The highest BCUT2D eigenvalue weighted by Gasteiger charge is 2.24. The number of ether oxygens (including phenoxy) is 1. The van der Waals surface area contributed by atoms with E-state index < -0.39 is 15.0 Å². The first-order valence-corrected chi connectivity index (χ1v) is 11.2. The molecule has 1 amide bonds. The summed E-state index contributed by atoms with van der Waals surface area (Å²) in [4.78, 5) is 25.0. The van der Waals surface area contributed by atoms with Crippen LogP contribution < -0.4 is 4.18 Å². The maximum Gasteiger partial charge on any atom is 0.306 e. The van der Waals surface area contributed by atoms with Crippen molar-refractivity contribution in [3.05, 3.63) is 69.8 Å². The molecular formula is C20H22N2O7S. The van der Waals surface area contributed by atoms with E-state index in [-0.39, 0.29) is 30.0 Å². The van der Waals surface area contributed by atoms with Gasteiger partial charge in [-0.15, -0.1) is 0 Å². The second-order valence-electron chi connectivity index (χ2n) is 7.06. The van der Waals surface area contributed by atoms with Gasteiger partial charge in [-0.2, -0.15) is 8.42 Å². The van der Waals surface area contributed by atoms with Crippen molar-refractivity contribution >= 4 is 21.7 Å². The highest BCUT2D eigenvalue weighted by Crippen LogP contribution is 2.20.